The molecule has 2 heteroatoms. The highest BCUT2D eigenvalue weighted by molar-refractivity contribution is 8.16. The third kappa shape index (κ3) is 7.88. The normalized spacial score (nSPS) is 19.8. The first-order chi connectivity index (χ1) is 12.6. The van der Waals surface area contributed by atoms with Crippen molar-refractivity contribution in [1.29, 1.82) is 0 Å². The van der Waals surface area contributed by atoms with Gasteiger partial charge in [0.05, 0.1) is 0 Å². The lowest BCUT2D eigenvalue weighted by molar-refractivity contribution is 0.887. The number of allylic oxidation sites excluding steroid dienone is 6. The van der Waals surface area contributed by atoms with Gasteiger partial charge in [-0.15, -0.1) is 13.2 Å². The molecule has 1 nitrogen and oxygen atoms in total. The third-order valence-corrected chi connectivity index (χ3v) is 5.39. The van der Waals surface area contributed by atoms with Crippen LogP contribution in [0.3, 0.4) is 0 Å². The summed E-state index contributed by atoms with van der Waals surface area (Å²) in [7, 11) is -0.253. The number of hydrogen-bond donors (Lipinski definition) is 1. The van der Waals surface area contributed by atoms with Crippen LogP contribution < -0.4 is 4.72 Å². The molecule has 140 valence electrons. The lowest BCUT2D eigenvalue weighted by Crippen LogP contribution is -2.07. The van der Waals surface area contributed by atoms with Crippen molar-refractivity contribution in [2.24, 2.45) is 11.8 Å². The van der Waals surface area contributed by atoms with Gasteiger partial charge in [-0.1, -0.05) is 90.8 Å². The van der Waals surface area contributed by atoms with Gasteiger partial charge in [-0.25, -0.2) is 0 Å². The van der Waals surface area contributed by atoms with E-state index in [0.717, 1.165) is 18.5 Å². The lowest BCUT2D eigenvalue weighted by atomic mass is 10.1. The summed E-state index contributed by atoms with van der Waals surface area (Å²) >= 11 is 0. The van der Waals surface area contributed by atoms with Gasteiger partial charge in [-0.3, -0.25) is 0 Å². The highest BCUT2D eigenvalue weighted by Gasteiger charge is 2.36. The van der Waals surface area contributed by atoms with Gasteiger partial charge in [0, 0.05) is 16.5 Å². The molecule has 2 rings (SSSR count). The van der Waals surface area contributed by atoms with E-state index < -0.39 is 0 Å². The van der Waals surface area contributed by atoms with E-state index in [1.165, 1.54) is 16.9 Å². The van der Waals surface area contributed by atoms with Crippen molar-refractivity contribution in [3.63, 3.8) is 0 Å². The highest BCUT2D eigenvalue weighted by atomic mass is 32.2. The lowest BCUT2D eigenvalue weighted by Gasteiger charge is -2.14. The Morgan fingerprint density at radius 1 is 1.27 bits per heavy atom. The Labute approximate surface area is 163 Å². The molecular weight excluding hydrogens is 334 g/mol. The molecule has 0 aliphatic heterocycles. The fraction of sp³-hybridized carbons (Fsp3) is 0.292. The first-order valence-electron chi connectivity index (χ1n) is 9.16. The van der Waals surface area contributed by atoms with Gasteiger partial charge in [-0.05, 0) is 37.7 Å². The summed E-state index contributed by atoms with van der Waals surface area (Å²) in [6.45, 7) is 15.5. The molecule has 1 fully saturated rings. The van der Waals surface area contributed by atoms with E-state index in [2.05, 4.69) is 79.7 Å². The summed E-state index contributed by atoms with van der Waals surface area (Å²) in [6, 6.07) is 10.5. The van der Waals surface area contributed by atoms with E-state index in [4.69, 9.17) is 0 Å². The van der Waals surface area contributed by atoms with Gasteiger partial charge in [0.2, 0.25) is 0 Å². The third-order valence-electron chi connectivity index (χ3n) is 4.01. The predicted molar refractivity (Wildman–Crippen MR) is 122 cm³/mol. The molecule has 3 unspecified atom stereocenters. The van der Waals surface area contributed by atoms with E-state index in [1.54, 1.807) is 6.08 Å². The summed E-state index contributed by atoms with van der Waals surface area (Å²) in [5.41, 5.74) is 2.43. The zero-order valence-electron chi connectivity index (χ0n) is 16.3. The Balaban J connectivity index is 0.00000105. The van der Waals surface area contributed by atoms with Gasteiger partial charge in [0.25, 0.3) is 0 Å². The molecule has 0 amide bonds. The van der Waals surface area contributed by atoms with Crippen LogP contribution in [-0.4, -0.2) is 5.87 Å². The second-order valence-electron chi connectivity index (χ2n) is 6.27. The maximum atomic E-state index is 4.29. The molecule has 1 saturated carbocycles. The molecule has 0 spiro atoms. The first kappa shape index (κ1) is 22.0. The van der Waals surface area contributed by atoms with Crippen LogP contribution in [0, 0.1) is 11.8 Å². The van der Waals surface area contributed by atoms with Crippen molar-refractivity contribution in [2.45, 2.75) is 33.1 Å². The monoisotopic (exact) mass is 367 g/mol. The molecule has 26 heavy (non-hydrogen) atoms. The first-order valence-corrected chi connectivity index (χ1v) is 10.6. The van der Waals surface area contributed by atoms with Crippen LogP contribution in [0.2, 0.25) is 0 Å². The zero-order chi connectivity index (χ0) is 19.4. The Hall–Kier alpha value is -2.06. The largest absolute Gasteiger partial charge is 0.336 e. The molecule has 1 aliphatic carbocycles. The molecule has 1 aromatic carbocycles. The number of rotatable bonds is 9. The molecule has 0 aromatic heterocycles. The van der Waals surface area contributed by atoms with Crippen molar-refractivity contribution in [1.82, 2.24) is 4.72 Å². The van der Waals surface area contributed by atoms with Crippen LogP contribution in [0.5, 0.6) is 0 Å². The summed E-state index contributed by atoms with van der Waals surface area (Å²) < 4.78 is 3.49. The topological polar surface area (TPSA) is 12.0 Å². The summed E-state index contributed by atoms with van der Waals surface area (Å²) in [4.78, 5) is 1.25. The Morgan fingerprint density at radius 3 is 2.46 bits per heavy atom. The van der Waals surface area contributed by atoms with Crippen molar-refractivity contribution in [2.75, 3.05) is 0 Å². The van der Waals surface area contributed by atoms with Crippen molar-refractivity contribution in [3.8, 4) is 0 Å². The molecule has 1 N–H and O–H groups in total. The van der Waals surface area contributed by atoms with Crippen LogP contribution in [0.25, 0.3) is 0 Å². The average molecular weight is 368 g/mol. The van der Waals surface area contributed by atoms with Gasteiger partial charge in [-0.2, -0.15) is 0 Å². The van der Waals surface area contributed by atoms with Gasteiger partial charge < -0.3 is 4.72 Å². The van der Waals surface area contributed by atoms with E-state index in [1.807, 2.05) is 19.1 Å². The van der Waals surface area contributed by atoms with Crippen LogP contribution in [0.15, 0.2) is 91.1 Å². The molecule has 1 aromatic rings. The Bertz CT molecular complexity index is 667. The van der Waals surface area contributed by atoms with Gasteiger partial charge in [0.15, 0.2) is 0 Å². The fourth-order valence-electron chi connectivity index (χ4n) is 2.55. The predicted octanol–water partition coefficient (Wildman–Crippen LogP) is 6.81. The second kappa shape index (κ2) is 12.3. The van der Waals surface area contributed by atoms with Crippen LogP contribution in [0.1, 0.15) is 32.3 Å². The molecular formula is C24H33NS. The minimum absolute atomic E-state index is 0.253. The average Bonchev–Trinajstić information content (AvgIpc) is 3.42. The van der Waals surface area contributed by atoms with Crippen molar-refractivity contribution in [3.05, 3.63) is 96.6 Å². The quantitative estimate of drug-likeness (QED) is 0.287. The smallest absolute Gasteiger partial charge is 0.0174 e. The summed E-state index contributed by atoms with van der Waals surface area (Å²) in [5, 5.41) is 0. The zero-order valence-corrected chi connectivity index (χ0v) is 17.1. The summed E-state index contributed by atoms with van der Waals surface area (Å²) in [6.07, 6.45) is 13.6. The standard InChI is InChI=1S/C21H27NS.C3H6/c1-5-11-20(15-10-14-18-12-8-7-9-13-18)23(4)22-17(3)21-16-19(21)6-2;1-3-2/h6-13,15,19,21-22H,2-5,14,16H2,1H3;3H,1H2,2H3/b15-10-,20-11+;. The molecule has 0 saturated heterocycles. The minimum atomic E-state index is -0.253. The molecule has 0 heterocycles. The van der Waals surface area contributed by atoms with Crippen LogP contribution in [0.4, 0.5) is 0 Å². The molecule has 0 bridgehead atoms. The van der Waals surface area contributed by atoms with Crippen LogP contribution >= 0.6 is 10.7 Å². The molecule has 3 atom stereocenters. The maximum Gasteiger partial charge on any atom is 0.0174 e. The van der Waals surface area contributed by atoms with E-state index in [-0.39, 0.29) is 10.7 Å². The highest BCUT2D eigenvalue weighted by Crippen LogP contribution is 2.44. The van der Waals surface area contributed by atoms with Crippen molar-refractivity contribution >= 4 is 16.5 Å². The van der Waals surface area contributed by atoms with E-state index in [9.17, 15) is 0 Å². The second-order valence-corrected chi connectivity index (χ2v) is 7.73. The van der Waals surface area contributed by atoms with Gasteiger partial charge >= 0.3 is 0 Å². The van der Waals surface area contributed by atoms with Crippen LogP contribution in [-0.2, 0) is 6.42 Å². The Morgan fingerprint density at radius 2 is 1.92 bits per heavy atom. The number of benzene rings is 1. The molecule has 1 aliphatic rings. The summed E-state index contributed by atoms with van der Waals surface area (Å²) in [5.74, 6) is 5.43. The van der Waals surface area contributed by atoms with E-state index in [0.29, 0.717) is 11.8 Å². The minimum Gasteiger partial charge on any atom is -0.336 e. The maximum absolute atomic E-state index is 4.29. The Kier molecular flexibility index (Phi) is 10.4. The van der Waals surface area contributed by atoms with Crippen molar-refractivity contribution < 1.29 is 0 Å². The SMILES string of the molecule is C=CC.C=CC1CC1C(=C)NS(=C)C(/C=C\Cc1ccccc1)=C/CC. The fourth-order valence-corrected chi connectivity index (χ4v) is 3.76. The van der Waals surface area contributed by atoms with Gasteiger partial charge in [0.1, 0.15) is 0 Å². The number of nitrogens with one attached hydrogen (secondary N) is 1. The van der Waals surface area contributed by atoms with E-state index >= 15 is 0 Å². The number of hydrogen-bond acceptors (Lipinski definition) is 1. The molecule has 0 radical (unpaired) electrons.